The molecule has 3 atom stereocenters. The molecular weight excluding hydrogens is 1850 g/mol. The van der Waals surface area contributed by atoms with Crippen LogP contribution in [-0.2, 0) is 46.9 Å². The van der Waals surface area contributed by atoms with Crippen LogP contribution in [0.1, 0.15) is 262 Å². The number of amides is 6. The van der Waals surface area contributed by atoms with Crippen LogP contribution < -0.4 is 43.4 Å². The van der Waals surface area contributed by atoms with Crippen molar-refractivity contribution in [3.05, 3.63) is 374 Å². The van der Waals surface area contributed by atoms with Crippen molar-refractivity contribution >= 4 is 69.7 Å². The average Bonchev–Trinajstić information content (AvgIpc) is 1.64. The predicted octanol–water partition coefficient (Wildman–Crippen LogP) is 22.4. The highest BCUT2D eigenvalue weighted by Crippen LogP contribution is 2.43. The summed E-state index contributed by atoms with van der Waals surface area (Å²) in [6.07, 6.45) is 17.6. The van der Waals surface area contributed by atoms with Gasteiger partial charge >= 0.3 is 0 Å². The van der Waals surface area contributed by atoms with Crippen molar-refractivity contribution in [2.75, 3.05) is 40.5 Å². The summed E-state index contributed by atoms with van der Waals surface area (Å²) in [6, 6.07) is 75.9. The average molecular weight is 1970 g/mol. The smallest absolute Gasteiger partial charge is 0.274 e. The van der Waals surface area contributed by atoms with E-state index in [0.29, 0.717) is 113 Å². The molecule has 0 spiro atoms. The first kappa shape index (κ1) is 104. The number of hydrogen-bond acceptors (Lipinski definition) is 16. The number of carbonyl (C=O) groups is 7. The lowest BCUT2D eigenvalue weighted by atomic mass is 9.93. The van der Waals surface area contributed by atoms with E-state index in [1.807, 2.05) is 171 Å². The van der Waals surface area contributed by atoms with Crippen molar-refractivity contribution in [1.29, 1.82) is 0 Å². The Kier molecular flexibility index (Phi) is 34.6. The van der Waals surface area contributed by atoms with Crippen molar-refractivity contribution in [2.45, 2.75) is 208 Å². The molecule has 19 rings (SSSR count). The quantitative estimate of drug-likeness (QED) is 0.0107. The van der Waals surface area contributed by atoms with E-state index < -0.39 is 47.0 Å². The van der Waals surface area contributed by atoms with Crippen LogP contribution >= 0.6 is 0 Å². The third-order valence-corrected chi connectivity index (χ3v) is 27.2. The Labute approximate surface area is 849 Å². The van der Waals surface area contributed by atoms with Gasteiger partial charge in [-0.3, -0.25) is 38.5 Å². The molecule has 25 nitrogen and oxygen atoms in total. The van der Waals surface area contributed by atoms with E-state index in [2.05, 4.69) is 72.9 Å². The molecule has 5 fully saturated rings. The molecule has 14 aromatic rings. The number of anilines is 5. The molecule has 2 saturated heterocycles. The van der Waals surface area contributed by atoms with Crippen molar-refractivity contribution in [1.82, 2.24) is 54.2 Å². The first-order chi connectivity index (χ1) is 70.8. The van der Waals surface area contributed by atoms with Crippen LogP contribution in [0.3, 0.4) is 0 Å². The number of likely N-dealkylation sites (tertiary alicyclic amines) is 2. The van der Waals surface area contributed by atoms with Crippen LogP contribution in [0.15, 0.2) is 255 Å². The van der Waals surface area contributed by atoms with Gasteiger partial charge in [-0.1, -0.05) is 173 Å². The third-order valence-electron chi connectivity index (χ3n) is 27.2. The molecule has 10 N–H and O–H groups in total. The summed E-state index contributed by atoms with van der Waals surface area (Å²) in [7, 11) is 0. The molecule has 5 aliphatic rings. The molecule has 2 aliphatic heterocycles. The number of piperidine rings is 1. The number of carbonyl (C=O) groups excluding carboxylic acids is 7. The Balaban J connectivity index is 0.000000139. The van der Waals surface area contributed by atoms with E-state index >= 15 is 8.78 Å². The van der Waals surface area contributed by atoms with Gasteiger partial charge in [0, 0.05) is 64.1 Å². The van der Waals surface area contributed by atoms with Crippen molar-refractivity contribution in [3.8, 4) is 22.7 Å². The van der Waals surface area contributed by atoms with Gasteiger partial charge in [0.25, 0.3) is 17.7 Å². The van der Waals surface area contributed by atoms with Crippen LogP contribution in [0.4, 0.5) is 46.0 Å². The van der Waals surface area contributed by atoms with Gasteiger partial charge < -0.3 is 48.3 Å². The number of nitrogens with zero attached hydrogens (tertiary/aromatic N) is 11. The Morgan fingerprint density at radius 1 is 0.418 bits per heavy atom. The maximum Gasteiger partial charge on any atom is 0.274 e. The number of unbranched alkanes of at least 4 members (excludes halogenated alkanes) is 1. The van der Waals surface area contributed by atoms with Gasteiger partial charge in [0.2, 0.25) is 17.7 Å². The summed E-state index contributed by atoms with van der Waals surface area (Å²) in [5.74, 6) is -1.75. The molecule has 3 saturated carbocycles. The topological polar surface area (TPSA) is 327 Å². The number of ketones is 1. The van der Waals surface area contributed by atoms with Crippen LogP contribution in [0, 0.1) is 68.7 Å². The molecule has 756 valence electrons. The second-order valence-electron chi connectivity index (χ2n) is 38.6. The van der Waals surface area contributed by atoms with Gasteiger partial charge in [-0.15, -0.1) is 0 Å². The molecule has 3 unspecified atom stereocenters. The number of rotatable bonds is 38. The number of Topliss-reactive ketones (excluding diaryl/α,β-unsaturated/α-hetero) is 1. The lowest BCUT2D eigenvalue weighted by Gasteiger charge is -2.35. The van der Waals surface area contributed by atoms with E-state index in [9.17, 15) is 42.3 Å². The molecule has 0 bridgehead atoms. The van der Waals surface area contributed by atoms with E-state index in [1.54, 1.807) is 93.8 Å². The monoisotopic (exact) mass is 1970 g/mol. The SMILES string of the molecule is CCCCc1cccc(-n2nc(C)cc2C(=O)Nc2cc(C(NCC3CC3)c3ccccc3)ccc2F)c1.CCCN(c1ccccc1)c1cccc(NC(=O)c2cc(C)nn2-c2cccc(CN)c2)c1F.Cc1cc(C(=O)Cc2cc(C(CCC3CC3)N3CCCCC3=O)ccc2F)n(-c2cccc(CN)c2)n1.Cc1cc(C(=O)Nc2cc(C(CCC3CC3)N3C(=O)CCC3=O)ccc2F)n(-c2cccc(CN)c2)n1. The fraction of sp³-hybridized carbons (Fsp3) is 0.325. The maximum atomic E-state index is 15.6. The highest BCUT2D eigenvalue weighted by Gasteiger charge is 2.39. The fourth-order valence-electron chi connectivity index (χ4n) is 18.9. The van der Waals surface area contributed by atoms with Crippen LogP contribution in [0.5, 0.6) is 0 Å². The molecule has 4 aromatic heterocycles. The van der Waals surface area contributed by atoms with E-state index in [4.69, 9.17) is 17.2 Å². The minimum atomic E-state index is -0.606. The van der Waals surface area contributed by atoms with Gasteiger partial charge in [-0.25, -0.2) is 36.3 Å². The molecule has 29 heteroatoms. The molecule has 6 amide bonds. The standard InChI is InChI=1S/C32H35FN4O.C30H35FN4O2.C28H30FN5O3.C27H28FN5O/c1-3-4-9-23-10-8-13-27(19-23)37-30(18-22(2)36-37)32(38)35-29-20-26(16-17-28(29)33)31(34-21-24-14-15-24)25-11-6-5-7-12-25;1-20-15-28(35(33-20)25-6-4-5-22(16-25)19-32)29(36)18-24-17-23(11-12-26(24)31)27(13-10-21-8-9-21)34-14-3-2-7-30(34)37;1-17-13-25(34(32-17)21-4-2-3-19(14-21)16-30)28(37)31-23-15-20(8-9-22(23)29)24(10-7-18-5-6-18)33-26(35)11-12-27(33)36;1-3-15-32(21-10-5-4-6-11-21)24-14-8-13-23(26(24)28)30-27(34)25-16-19(2)31-33(25)22-12-7-9-20(17-22)18-29/h5-8,10-13,16-20,24,31,34H,3-4,9,14-15,21H2,1-2H3,(H,35,38);4-6,11-12,15-17,21,27H,2-3,7-10,13-14,18-19,32H2,1H3;2-4,8-9,13-15,18,24H,5-7,10-12,16,30H2,1H3,(H,31,37);4-14,16-17H,3,15,18,29H2,1-2H3,(H,30,34). The predicted molar refractivity (Wildman–Crippen MR) is 562 cm³/mol. The zero-order valence-corrected chi connectivity index (χ0v) is 83.6. The number of benzene rings is 10. The third kappa shape index (κ3) is 26.4. The van der Waals surface area contributed by atoms with Crippen LogP contribution in [0.25, 0.3) is 22.7 Å². The van der Waals surface area contributed by atoms with Crippen LogP contribution in [0.2, 0.25) is 0 Å². The summed E-state index contributed by atoms with van der Waals surface area (Å²) >= 11 is 0. The van der Waals surface area contributed by atoms with E-state index in [-0.39, 0.29) is 77.6 Å². The first-order valence-corrected chi connectivity index (χ1v) is 50.9. The number of nitrogens with two attached hydrogens (primary N) is 3. The normalized spacial score (nSPS) is 14.5. The van der Waals surface area contributed by atoms with Crippen molar-refractivity contribution < 1.29 is 51.1 Å². The summed E-state index contributed by atoms with van der Waals surface area (Å²) in [4.78, 5) is 96.5. The second kappa shape index (κ2) is 48.7. The molecule has 10 aromatic carbocycles. The molecule has 3 aliphatic carbocycles. The summed E-state index contributed by atoms with van der Waals surface area (Å²) in [5, 5.41) is 29.9. The molecular formula is C117H128F4N18O7. The largest absolute Gasteiger partial charge is 0.339 e. The maximum absolute atomic E-state index is 15.6. The van der Waals surface area contributed by atoms with Gasteiger partial charge in [0.05, 0.1) is 86.4 Å². The van der Waals surface area contributed by atoms with Gasteiger partial charge in [0.15, 0.2) is 11.6 Å². The second-order valence-corrected chi connectivity index (χ2v) is 38.6. The Morgan fingerprint density at radius 2 is 0.856 bits per heavy atom. The number of aromatic nitrogens is 8. The van der Waals surface area contributed by atoms with Crippen molar-refractivity contribution in [3.63, 3.8) is 0 Å². The van der Waals surface area contributed by atoms with E-state index in [0.717, 1.165) is 146 Å². The van der Waals surface area contributed by atoms with Gasteiger partial charge in [-0.05, 0) is 300 Å². The Morgan fingerprint density at radius 3 is 1.34 bits per heavy atom. The number of hydrogen-bond donors (Lipinski definition) is 7. The van der Waals surface area contributed by atoms with Gasteiger partial charge in [0.1, 0.15) is 40.2 Å². The number of aryl methyl sites for hydroxylation is 5. The molecule has 6 heterocycles. The minimum Gasteiger partial charge on any atom is -0.339 e. The Bertz CT molecular complexity index is 6970. The molecule has 0 radical (unpaired) electrons. The number of imide groups is 1. The van der Waals surface area contributed by atoms with Gasteiger partial charge in [-0.2, -0.15) is 20.4 Å². The van der Waals surface area contributed by atoms with E-state index in [1.165, 1.54) is 65.1 Å². The van der Waals surface area contributed by atoms with Crippen LogP contribution in [-0.4, -0.2) is 110 Å². The first-order valence-electron chi connectivity index (χ1n) is 50.9. The Hall–Kier alpha value is -14.9. The zero-order valence-electron chi connectivity index (χ0n) is 83.6. The highest BCUT2D eigenvalue weighted by molar-refractivity contribution is 6.06. The fourth-order valence-corrected chi connectivity index (χ4v) is 18.9. The highest BCUT2D eigenvalue weighted by atomic mass is 19.1. The summed E-state index contributed by atoms with van der Waals surface area (Å²) < 4.78 is 66.8. The lowest BCUT2D eigenvalue weighted by Crippen LogP contribution is -2.38. The zero-order chi connectivity index (χ0) is 103. The lowest BCUT2D eigenvalue weighted by molar-refractivity contribution is -0.141. The summed E-state index contributed by atoms with van der Waals surface area (Å²) in [5.41, 5.74) is 33.7. The summed E-state index contributed by atoms with van der Waals surface area (Å²) in [6.45, 7) is 14.9. The number of para-hydroxylation sites is 1. The van der Waals surface area contributed by atoms with Crippen molar-refractivity contribution in [2.24, 2.45) is 35.0 Å². The number of halogens is 4. The number of nitrogens with one attached hydrogen (secondary N) is 4. The minimum absolute atomic E-state index is 0.0147. The molecule has 146 heavy (non-hydrogen) atoms.